The van der Waals surface area contributed by atoms with Crippen LogP contribution in [0.2, 0.25) is 0 Å². The Morgan fingerprint density at radius 2 is 2.12 bits per heavy atom. The number of aryl methyl sites for hydroxylation is 2. The normalized spacial score (nSPS) is 17.4. The Balaban J connectivity index is 2.21. The third-order valence-electron chi connectivity index (χ3n) is 3.40. The molecule has 92 valence electrons. The Kier molecular flexibility index (Phi) is 3.20. The lowest BCUT2D eigenvalue weighted by Gasteiger charge is -2.38. The first-order valence-electron chi connectivity index (χ1n) is 5.80. The van der Waals surface area contributed by atoms with E-state index >= 15 is 0 Å². The minimum Gasteiger partial charge on any atom is -0.468 e. The summed E-state index contributed by atoms with van der Waals surface area (Å²) in [7, 11) is 1.43. The van der Waals surface area contributed by atoms with Crippen molar-refractivity contribution in [2.75, 3.05) is 20.3 Å². The van der Waals surface area contributed by atoms with Gasteiger partial charge in [0.2, 0.25) is 0 Å². The molecule has 0 saturated carbocycles. The number of esters is 1. The summed E-state index contributed by atoms with van der Waals surface area (Å²) in [5.74, 6) is -0.163. The summed E-state index contributed by atoms with van der Waals surface area (Å²) >= 11 is 0. The van der Waals surface area contributed by atoms with Crippen molar-refractivity contribution in [3.63, 3.8) is 0 Å². The Labute approximate surface area is 102 Å². The summed E-state index contributed by atoms with van der Waals surface area (Å²) in [6.45, 7) is 5.08. The summed E-state index contributed by atoms with van der Waals surface area (Å²) in [5, 5.41) is 0. The van der Waals surface area contributed by atoms with Crippen LogP contribution in [0.1, 0.15) is 16.7 Å². The first-order chi connectivity index (χ1) is 8.07. The van der Waals surface area contributed by atoms with E-state index in [-0.39, 0.29) is 5.97 Å². The molecular weight excluding hydrogens is 216 g/mol. The zero-order chi connectivity index (χ0) is 12.5. The molecule has 1 aromatic rings. The van der Waals surface area contributed by atoms with Crippen molar-refractivity contribution in [3.8, 4) is 0 Å². The molecule has 0 aliphatic carbocycles. The zero-order valence-corrected chi connectivity index (χ0v) is 10.6. The fourth-order valence-corrected chi connectivity index (χ4v) is 2.27. The third kappa shape index (κ3) is 2.20. The molecule has 3 nitrogen and oxygen atoms in total. The highest BCUT2D eigenvalue weighted by Gasteiger charge is 2.47. The fourth-order valence-electron chi connectivity index (χ4n) is 2.27. The monoisotopic (exact) mass is 234 g/mol. The summed E-state index contributed by atoms with van der Waals surface area (Å²) in [5.41, 5.74) is 3.20. The van der Waals surface area contributed by atoms with Gasteiger partial charge in [-0.1, -0.05) is 23.8 Å². The van der Waals surface area contributed by atoms with Gasteiger partial charge in [-0.15, -0.1) is 0 Å². The standard InChI is InChI=1S/C14H18O3/c1-10-4-5-12(11(2)6-10)7-14(8-17-9-14)13(15)16-3/h4-6H,7-9H2,1-3H3. The first-order valence-corrected chi connectivity index (χ1v) is 5.80. The SMILES string of the molecule is COC(=O)C1(Cc2ccc(C)cc2C)COC1. The highest BCUT2D eigenvalue weighted by Crippen LogP contribution is 2.34. The molecule has 1 saturated heterocycles. The van der Waals surface area contributed by atoms with Gasteiger partial charge >= 0.3 is 5.97 Å². The second-order valence-electron chi connectivity index (χ2n) is 4.87. The van der Waals surface area contributed by atoms with E-state index in [9.17, 15) is 4.79 Å². The van der Waals surface area contributed by atoms with Crippen LogP contribution in [0.25, 0.3) is 0 Å². The molecule has 0 atom stereocenters. The Morgan fingerprint density at radius 1 is 1.41 bits per heavy atom. The van der Waals surface area contributed by atoms with Crippen molar-refractivity contribution in [2.24, 2.45) is 5.41 Å². The van der Waals surface area contributed by atoms with Gasteiger partial charge in [0.15, 0.2) is 0 Å². The highest BCUT2D eigenvalue weighted by atomic mass is 16.5. The molecule has 1 aliphatic rings. The molecule has 2 rings (SSSR count). The van der Waals surface area contributed by atoms with Gasteiger partial charge in [-0.05, 0) is 31.4 Å². The summed E-state index contributed by atoms with van der Waals surface area (Å²) in [6.07, 6.45) is 0.700. The maximum Gasteiger partial charge on any atom is 0.316 e. The van der Waals surface area contributed by atoms with Crippen molar-refractivity contribution < 1.29 is 14.3 Å². The number of rotatable bonds is 3. The van der Waals surface area contributed by atoms with Crippen LogP contribution < -0.4 is 0 Å². The topological polar surface area (TPSA) is 35.5 Å². The van der Waals surface area contributed by atoms with Gasteiger partial charge < -0.3 is 9.47 Å². The number of hydrogen-bond acceptors (Lipinski definition) is 3. The van der Waals surface area contributed by atoms with Crippen LogP contribution in [0.3, 0.4) is 0 Å². The highest BCUT2D eigenvalue weighted by molar-refractivity contribution is 5.78. The molecule has 3 heteroatoms. The number of carbonyl (C=O) groups excluding carboxylic acids is 1. The van der Waals surface area contributed by atoms with Crippen molar-refractivity contribution in [3.05, 3.63) is 34.9 Å². The van der Waals surface area contributed by atoms with Crippen LogP contribution in [-0.4, -0.2) is 26.3 Å². The number of hydrogen-bond donors (Lipinski definition) is 0. The molecule has 0 N–H and O–H groups in total. The van der Waals surface area contributed by atoms with Gasteiger partial charge in [0.1, 0.15) is 5.41 Å². The minimum absolute atomic E-state index is 0.163. The Bertz CT molecular complexity index is 433. The Hall–Kier alpha value is -1.35. The van der Waals surface area contributed by atoms with Crippen molar-refractivity contribution >= 4 is 5.97 Å². The lowest BCUT2D eigenvalue weighted by molar-refractivity contribution is -0.182. The smallest absolute Gasteiger partial charge is 0.316 e. The lowest BCUT2D eigenvalue weighted by atomic mass is 9.78. The Morgan fingerprint density at radius 3 is 2.59 bits per heavy atom. The average molecular weight is 234 g/mol. The minimum atomic E-state index is -0.464. The van der Waals surface area contributed by atoms with E-state index in [1.807, 2.05) is 0 Å². The molecule has 1 aliphatic heterocycles. The molecule has 17 heavy (non-hydrogen) atoms. The predicted molar refractivity (Wildman–Crippen MR) is 64.9 cm³/mol. The summed E-state index contributed by atoms with van der Waals surface area (Å²) < 4.78 is 10.1. The van der Waals surface area contributed by atoms with Crippen LogP contribution in [0, 0.1) is 19.3 Å². The van der Waals surface area contributed by atoms with Crippen LogP contribution >= 0.6 is 0 Å². The van der Waals surface area contributed by atoms with Crippen molar-refractivity contribution in [1.82, 2.24) is 0 Å². The molecule has 0 aromatic heterocycles. The zero-order valence-electron chi connectivity index (χ0n) is 10.6. The maximum atomic E-state index is 11.8. The van der Waals surface area contributed by atoms with E-state index in [0.717, 1.165) is 0 Å². The van der Waals surface area contributed by atoms with Gasteiger partial charge in [0, 0.05) is 0 Å². The quantitative estimate of drug-likeness (QED) is 0.751. The molecule has 1 heterocycles. The van der Waals surface area contributed by atoms with Crippen molar-refractivity contribution in [2.45, 2.75) is 20.3 Å². The van der Waals surface area contributed by atoms with E-state index in [2.05, 4.69) is 32.0 Å². The van der Waals surface area contributed by atoms with Crippen LogP contribution in [0.5, 0.6) is 0 Å². The van der Waals surface area contributed by atoms with E-state index in [4.69, 9.17) is 9.47 Å². The number of carbonyl (C=O) groups is 1. The lowest BCUT2D eigenvalue weighted by Crippen LogP contribution is -2.51. The summed E-state index contributed by atoms with van der Waals surface area (Å²) in [4.78, 5) is 11.8. The molecule has 0 unspecified atom stereocenters. The molecule has 1 aromatic carbocycles. The van der Waals surface area contributed by atoms with Gasteiger partial charge in [0.25, 0.3) is 0 Å². The number of ether oxygens (including phenoxy) is 2. The maximum absolute atomic E-state index is 11.8. The van der Waals surface area contributed by atoms with Gasteiger partial charge in [-0.3, -0.25) is 4.79 Å². The number of benzene rings is 1. The van der Waals surface area contributed by atoms with Crippen LogP contribution in [0.4, 0.5) is 0 Å². The predicted octanol–water partition coefficient (Wildman–Crippen LogP) is 2.04. The molecule has 0 spiro atoms. The van der Waals surface area contributed by atoms with E-state index in [0.29, 0.717) is 19.6 Å². The van der Waals surface area contributed by atoms with E-state index in [1.54, 1.807) is 0 Å². The second-order valence-corrected chi connectivity index (χ2v) is 4.87. The fraction of sp³-hybridized carbons (Fsp3) is 0.500. The molecule has 0 radical (unpaired) electrons. The van der Waals surface area contributed by atoms with Gasteiger partial charge in [-0.25, -0.2) is 0 Å². The molecule has 0 amide bonds. The molecule has 0 bridgehead atoms. The van der Waals surface area contributed by atoms with E-state index < -0.39 is 5.41 Å². The van der Waals surface area contributed by atoms with Crippen LogP contribution in [0.15, 0.2) is 18.2 Å². The molecular formula is C14H18O3. The van der Waals surface area contributed by atoms with Gasteiger partial charge in [0.05, 0.1) is 20.3 Å². The molecule has 1 fully saturated rings. The largest absolute Gasteiger partial charge is 0.468 e. The van der Waals surface area contributed by atoms with E-state index in [1.165, 1.54) is 23.8 Å². The summed E-state index contributed by atoms with van der Waals surface area (Å²) in [6, 6.07) is 6.31. The number of methoxy groups -OCH3 is 1. The third-order valence-corrected chi connectivity index (χ3v) is 3.40. The second kappa shape index (κ2) is 4.49. The average Bonchev–Trinajstić information content (AvgIpc) is 2.25. The van der Waals surface area contributed by atoms with Gasteiger partial charge in [-0.2, -0.15) is 0 Å². The van der Waals surface area contributed by atoms with Crippen molar-refractivity contribution in [1.29, 1.82) is 0 Å². The first kappa shape index (κ1) is 12.1. The van der Waals surface area contributed by atoms with Crippen LogP contribution in [-0.2, 0) is 20.7 Å².